The zero-order chi connectivity index (χ0) is 20.5. The van der Waals surface area contributed by atoms with Crippen LogP contribution in [0.1, 0.15) is 52.7 Å². The molecule has 29 heavy (non-hydrogen) atoms. The lowest BCUT2D eigenvalue weighted by Crippen LogP contribution is -2.38. The van der Waals surface area contributed by atoms with Crippen LogP contribution in [0.5, 0.6) is 0 Å². The van der Waals surface area contributed by atoms with Crippen molar-refractivity contribution in [2.45, 2.75) is 40.2 Å². The van der Waals surface area contributed by atoms with Gasteiger partial charge in [-0.15, -0.1) is 35.3 Å². The number of nitrogens with one attached hydrogen (secondary N) is 2. The number of hydrogen-bond acceptors (Lipinski definition) is 5. The summed E-state index contributed by atoms with van der Waals surface area (Å²) in [6.07, 6.45) is 0.645. The van der Waals surface area contributed by atoms with E-state index < -0.39 is 0 Å². The van der Waals surface area contributed by atoms with E-state index in [4.69, 9.17) is 4.74 Å². The summed E-state index contributed by atoms with van der Waals surface area (Å²) < 4.78 is 18.3. The fraction of sp³-hybridized carbons (Fsp3) is 0.450. The third-order valence-corrected chi connectivity index (χ3v) is 5.22. The van der Waals surface area contributed by atoms with Crippen LogP contribution in [-0.4, -0.2) is 36.6 Å². The maximum Gasteiger partial charge on any atom is 0.350 e. The molecule has 0 aliphatic rings. The Bertz CT molecular complexity index is 829. The van der Waals surface area contributed by atoms with Gasteiger partial charge in [-0.05, 0) is 51.8 Å². The average molecular weight is 534 g/mol. The SMILES string of the molecule is CCNC(=NCCc1cccc(F)c1)NC(C)c1nc(C)c(C(=O)OCC)s1.I. The molecular formula is C20H28FIN4O2S. The first-order valence-corrected chi connectivity index (χ1v) is 10.2. The highest BCUT2D eigenvalue weighted by atomic mass is 127. The highest BCUT2D eigenvalue weighted by molar-refractivity contribution is 14.0. The number of esters is 1. The highest BCUT2D eigenvalue weighted by Gasteiger charge is 2.20. The molecule has 1 unspecified atom stereocenters. The van der Waals surface area contributed by atoms with Crippen molar-refractivity contribution in [2.75, 3.05) is 19.7 Å². The Balaban J connectivity index is 0.00000420. The number of thiazole rings is 1. The van der Waals surface area contributed by atoms with E-state index in [9.17, 15) is 9.18 Å². The van der Waals surface area contributed by atoms with Crippen molar-refractivity contribution in [3.05, 3.63) is 51.2 Å². The molecule has 0 saturated heterocycles. The number of aliphatic imine (C=N–C) groups is 1. The number of ether oxygens (including phenoxy) is 1. The van der Waals surface area contributed by atoms with Crippen LogP contribution in [0, 0.1) is 12.7 Å². The average Bonchev–Trinajstić information content (AvgIpc) is 3.04. The summed E-state index contributed by atoms with van der Waals surface area (Å²) in [4.78, 5) is 21.6. The van der Waals surface area contributed by atoms with Crippen LogP contribution in [0.15, 0.2) is 29.3 Å². The van der Waals surface area contributed by atoms with Crippen LogP contribution in [0.25, 0.3) is 0 Å². The number of carbonyl (C=O) groups excluding carboxylic acids is 1. The van der Waals surface area contributed by atoms with Crippen LogP contribution >= 0.6 is 35.3 Å². The summed E-state index contributed by atoms with van der Waals surface area (Å²) in [5.74, 6) is 0.0697. The molecular weight excluding hydrogens is 506 g/mol. The van der Waals surface area contributed by atoms with Crippen LogP contribution in [0.4, 0.5) is 4.39 Å². The molecule has 0 radical (unpaired) electrons. The van der Waals surface area contributed by atoms with Gasteiger partial charge in [0.1, 0.15) is 15.7 Å². The number of aromatic nitrogens is 1. The van der Waals surface area contributed by atoms with Crippen molar-refractivity contribution in [3.63, 3.8) is 0 Å². The van der Waals surface area contributed by atoms with E-state index in [2.05, 4.69) is 20.6 Å². The fourth-order valence-electron chi connectivity index (χ4n) is 2.56. The quantitative estimate of drug-likeness (QED) is 0.229. The molecule has 0 spiro atoms. The van der Waals surface area contributed by atoms with Gasteiger partial charge in [-0.3, -0.25) is 4.99 Å². The van der Waals surface area contributed by atoms with Crippen molar-refractivity contribution >= 4 is 47.2 Å². The Morgan fingerprint density at radius 2 is 2.14 bits per heavy atom. The first-order valence-electron chi connectivity index (χ1n) is 9.38. The Labute approximate surface area is 192 Å². The Kier molecular flexibility index (Phi) is 11.1. The highest BCUT2D eigenvalue weighted by Crippen LogP contribution is 2.24. The molecule has 2 N–H and O–H groups in total. The minimum Gasteiger partial charge on any atom is -0.462 e. The minimum atomic E-state index is -0.341. The third-order valence-electron chi connectivity index (χ3n) is 3.90. The molecule has 2 aromatic rings. The van der Waals surface area contributed by atoms with E-state index in [-0.39, 0.29) is 41.8 Å². The molecule has 9 heteroatoms. The second-order valence-electron chi connectivity index (χ2n) is 6.19. The number of guanidine groups is 1. The lowest BCUT2D eigenvalue weighted by Gasteiger charge is -2.16. The van der Waals surface area contributed by atoms with Crippen molar-refractivity contribution in [1.29, 1.82) is 0 Å². The zero-order valence-electron chi connectivity index (χ0n) is 17.1. The van der Waals surface area contributed by atoms with Crippen LogP contribution in [0.2, 0.25) is 0 Å². The van der Waals surface area contributed by atoms with Crippen LogP contribution < -0.4 is 10.6 Å². The predicted octanol–water partition coefficient (Wildman–Crippen LogP) is 4.24. The first kappa shape index (κ1) is 25.3. The Morgan fingerprint density at radius 3 is 2.79 bits per heavy atom. The topological polar surface area (TPSA) is 75.6 Å². The fourth-order valence-corrected chi connectivity index (χ4v) is 3.53. The number of aryl methyl sites for hydroxylation is 1. The second-order valence-corrected chi connectivity index (χ2v) is 7.22. The summed E-state index contributed by atoms with van der Waals surface area (Å²) >= 11 is 1.33. The summed E-state index contributed by atoms with van der Waals surface area (Å²) in [6, 6.07) is 6.41. The molecule has 0 aliphatic carbocycles. The first-order chi connectivity index (χ1) is 13.4. The van der Waals surface area contributed by atoms with E-state index in [0.717, 1.165) is 10.6 Å². The van der Waals surface area contributed by atoms with Gasteiger partial charge in [-0.25, -0.2) is 14.2 Å². The lowest BCUT2D eigenvalue weighted by molar-refractivity contribution is 0.0531. The Hall–Kier alpha value is -1.75. The van der Waals surface area contributed by atoms with E-state index in [1.807, 2.05) is 19.9 Å². The summed E-state index contributed by atoms with van der Waals surface area (Å²) in [7, 11) is 0. The number of carbonyl (C=O) groups is 1. The van der Waals surface area contributed by atoms with Gasteiger partial charge >= 0.3 is 5.97 Å². The molecule has 1 heterocycles. The van der Waals surface area contributed by atoms with Gasteiger partial charge < -0.3 is 15.4 Å². The van der Waals surface area contributed by atoms with Gasteiger partial charge in [0.05, 0.1) is 18.3 Å². The van der Waals surface area contributed by atoms with Crippen molar-refractivity contribution in [2.24, 2.45) is 4.99 Å². The van der Waals surface area contributed by atoms with E-state index in [1.54, 1.807) is 19.9 Å². The predicted molar refractivity (Wildman–Crippen MR) is 126 cm³/mol. The van der Waals surface area contributed by atoms with E-state index >= 15 is 0 Å². The van der Waals surface area contributed by atoms with Crippen molar-refractivity contribution in [3.8, 4) is 0 Å². The molecule has 1 aromatic heterocycles. The number of nitrogens with zero attached hydrogens (tertiary/aromatic N) is 2. The van der Waals surface area contributed by atoms with Gasteiger partial charge in [0.2, 0.25) is 0 Å². The normalized spacial score (nSPS) is 12.1. The monoisotopic (exact) mass is 534 g/mol. The minimum absolute atomic E-state index is 0. The van der Waals surface area contributed by atoms with Crippen LogP contribution in [-0.2, 0) is 11.2 Å². The number of benzene rings is 1. The number of halogens is 2. The molecule has 1 aromatic carbocycles. The molecule has 160 valence electrons. The summed E-state index contributed by atoms with van der Waals surface area (Å²) in [5, 5.41) is 7.29. The lowest BCUT2D eigenvalue weighted by atomic mass is 10.1. The van der Waals surface area contributed by atoms with Gasteiger partial charge in [0, 0.05) is 13.1 Å². The molecule has 6 nitrogen and oxygen atoms in total. The maximum atomic E-state index is 13.3. The Morgan fingerprint density at radius 1 is 1.38 bits per heavy atom. The number of hydrogen-bond donors (Lipinski definition) is 2. The summed E-state index contributed by atoms with van der Waals surface area (Å²) in [5.41, 5.74) is 1.57. The summed E-state index contributed by atoms with van der Waals surface area (Å²) in [6.45, 7) is 9.11. The molecule has 0 fully saturated rings. The smallest absolute Gasteiger partial charge is 0.350 e. The van der Waals surface area contributed by atoms with Gasteiger partial charge in [0.15, 0.2) is 5.96 Å². The van der Waals surface area contributed by atoms with E-state index in [1.165, 1.54) is 23.5 Å². The van der Waals surface area contributed by atoms with Gasteiger partial charge in [-0.2, -0.15) is 0 Å². The second kappa shape index (κ2) is 12.7. The van der Waals surface area contributed by atoms with Crippen molar-refractivity contribution in [1.82, 2.24) is 15.6 Å². The van der Waals surface area contributed by atoms with Crippen molar-refractivity contribution < 1.29 is 13.9 Å². The van der Waals surface area contributed by atoms with Crippen LogP contribution in [0.3, 0.4) is 0 Å². The molecule has 0 aliphatic heterocycles. The molecule has 2 rings (SSSR count). The maximum absolute atomic E-state index is 13.3. The largest absolute Gasteiger partial charge is 0.462 e. The van der Waals surface area contributed by atoms with Gasteiger partial charge in [0.25, 0.3) is 0 Å². The molecule has 1 atom stereocenters. The standard InChI is InChI=1S/C20H27FN4O2S.HI/c1-5-22-20(23-11-10-15-8-7-9-16(21)12-15)25-14(4)18-24-13(3)17(28-18)19(26)27-6-2;/h7-9,12,14H,5-6,10-11H2,1-4H3,(H2,22,23,25);1H. The molecule has 0 bridgehead atoms. The molecule has 0 amide bonds. The van der Waals surface area contributed by atoms with Gasteiger partial charge in [-0.1, -0.05) is 12.1 Å². The zero-order valence-corrected chi connectivity index (χ0v) is 20.3. The van der Waals surface area contributed by atoms with E-state index in [0.29, 0.717) is 42.6 Å². The number of rotatable bonds is 8. The third kappa shape index (κ3) is 7.88. The molecule has 0 saturated carbocycles.